The number of aliphatic hydroxyl groups excluding tert-OH is 1. The van der Waals surface area contributed by atoms with Crippen LogP contribution in [0, 0.1) is 5.92 Å². The van der Waals surface area contributed by atoms with Crippen LogP contribution in [0.15, 0.2) is 18.2 Å². The van der Waals surface area contributed by atoms with Crippen molar-refractivity contribution in [2.75, 3.05) is 18.5 Å². The molecular weight excluding hydrogens is 374 g/mol. The second kappa shape index (κ2) is 8.07. The molecule has 4 rings (SSSR count). The van der Waals surface area contributed by atoms with E-state index in [-0.39, 0.29) is 12.5 Å². The Labute approximate surface area is 158 Å². The lowest BCUT2D eigenvalue weighted by atomic mass is 10.0. The van der Waals surface area contributed by atoms with Crippen molar-refractivity contribution < 1.29 is 23.4 Å². The van der Waals surface area contributed by atoms with Gasteiger partial charge in [-0.3, -0.25) is 0 Å². The lowest BCUT2D eigenvalue weighted by Crippen LogP contribution is -2.21. The summed E-state index contributed by atoms with van der Waals surface area (Å²) in [5, 5.41) is 18.9. The summed E-state index contributed by atoms with van der Waals surface area (Å²) in [6.45, 7) is -0.960. The maximum Gasteiger partial charge on any atom is 0.388 e. The van der Waals surface area contributed by atoms with Crippen LogP contribution in [0.3, 0.4) is 0 Å². The summed E-state index contributed by atoms with van der Waals surface area (Å²) in [6, 6.07) is 4.81. The van der Waals surface area contributed by atoms with Crippen LogP contribution >= 0.6 is 0 Å². The molecule has 1 fully saturated rings. The van der Waals surface area contributed by atoms with Gasteiger partial charge in [-0.25, -0.2) is 15.1 Å². The number of ether oxygens (including phenoxy) is 2. The fourth-order valence-electron chi connectivity index (χ4n) is 3.27. The normalized spacial score (nSPS) is 15.4. The summed E-state index contributed by atoms with van der Waals surface area (Å²) in [4.78, 5) is 9.03. The van der Waals surface area contributed by atoms with E-state index in [0.29, 0.717) is 41.1 Å². The van der Waals surface area contributed by atoms with Gasteiger partial charge < -0.3 is 24.5 Å². The number of hydrogen-bond donors (Lipinski definition) is 3. The minimum absolute atomic E-state index is 0.147. The summed E-state index contributed by atoms with van der Waals surface area (Å²) in [5.41, 5.74) is 1.31. The highest BCUT2D eigenvalue weighted by molar-refractivity contribution is 5.74. The van der Waals surface area contributed by atoms with Crippen LogP contribution in [-0.2, 0) is 17.9 Å². The number of aromatic nitrogens is 5. The van der Waals surface area contributed by atoms with E-state index in [0.717, 1.165) is 26.1 Å². The predicted octanol–water partition coefficient (Wildman–Crippen LogP) is 2.42. The molecule has 0 amide bonds. The Morgan fingerprint density at radius 2 is 2.11 bits per heavy atom. The summed E-state index contributed by atoms with van der Waals surface area (Å²) in [7, 11) is 0. The van der Waals surface area contributed by atoms with Crippen molar-refractivity contribution in [2.45, 2.75) is 32.6 Å². The first-order chi connectivity index (χ1) is 13.6. The summed E-state index contributed by atoms with van der Waals surface area (Å²) >= 11 is 0. The van der Waals surface area contributed by atoms with Gasteiger partial charge in [0.05, 0.1) is 0 Å². The molecule has 1 saturated heterocycles. The van der Waals surface area contributed by atoms with Crippen LogP contribution < -0.4 is 10.1 Å². The van der Waals surface area contributed by atoms with Crippen molar-refractivity contribution >= 4 is 22.8 Å². The van der Waals surface area contributed by atoms with Crippen molar-refractivity contribution in [1.82, 2.24) is 24.7 Å². The van der Waals surface area contributed by atoms with Gasteiger partial charge in [0.25, 0.3) is 0 Å². The van der Waals surface area contributed by atoms with Crippen LogP contribution in [0.4, 0.5) is 20.4 Å². The van der Waals surface area contributed by atoms with E-state index in [4.69, 9.17) is 4.74 Å². The highest BCUT2D eigenvalue weighted by atomic mass is 19.3. The minimum atomic E-state index is -2.93. The quantitative estimate of drug-likeness (QED) is 0.564. The van der Waals surface area contributed by atoms with Gasteiger partial charge in [-0.05, 0) is 30.9 Å². The van der Waals surface area contributed by atoms with Gasteiger partial charge in [0, 0.05) is 25.8 Å². The first-order valence-corrected chi connectivity index (χ1v) is 8.94. The van der Waals surface area contributed by atoms with Crippen LogP contribution in [0.2, 0.25) is 0 Å². The van der Waals surface area contributed by atoms with Crippen LogP contribution in [0.25, 0.3) is 11.2 Å². The van der Waals surface area contributed by atoms with Gasteiger partial charge in [0.1, 0.15) is 23.8 Å². The summed E-state index contributed by atoms with van der Waals surface area (Å²) in [6.07, 6.45) is 1.89. The molecule has 0 aromatic carbocycles. The SMILES string of the molecule is OCc1nc2ccc(Nc3cc(OC(F)F)[nH]n3)nc2n1CC1CCOCC1. The molecule has 1 aliphatic heterocycles. The van der Waals surface area contributed by atoms with Gasteiger partial charge in [-0.15, -0.1) is 0 Å². The molecule has 9 nitrogen and oxygen atoms in total. The lowest BCUT2D eigenvalue weighted by Gasteiger charge is -2.23. The summed E-state index contributed by atoms with van der Waals surface area (Å²) in [5.74, 6) is 1.60. The molecule has 3 aromatic heterocycles. The fourth-order valence-corrected chi connectivity index (χ4v) is 3.27. The number of rotatable bonds is 7. The Kier molecular flexibility index (Phi) is 5.35. The molecule has 0 aliphatic carbocycles. The Hall–Kier alpha value is -2.79. The number of nitrogens with zero attached hydrogens (tertiary/aromatic N) is 4. The number of anilines is 2. The number of nitrogens with one attached hydrogen (secondary N) is 2. The molecule has 28 heavy (non-hydrogen) atoms. The number of pyridine rings is 1. The third kappa shape index (κ3) is 4.04. The van der Waals surface area contributed by atoms with E-state index in [1.165, 1.54) is 6.07 Å². The molecule has 0 atom stereocenters. The van der Waals surface area contributed by atoms with Gasteiger partial charge in [-0.2, -0.15) is 13.9 Å². The van der Waals surface area contributed by atoms with E-state index >= 15 is 0 Å². The second-order valence-electron chi connectivity index (χ2n) is 6.51. The molecule has 3 N–H and O–H groups in total. The number of alkyl halides is 2. The predicted molar refractivity (Wildman–Crippen MR) is 95.5 cm³/mol. The highest BCUT2D eigenvalue weighted by Crippen LogP contribution is 2.24. The first kappa shape index (κ1) is 18.6. The molecule has 0 spiro atoms. The zero-order valence-electron chi connectivity index (χ0n) is 14.9. The van der Waals surface area contributed by atoms with Crippen molar-refractivity contribution in [3.63, 3.8) is 0 Å². The Balaban J connectivity index is 1.58. The molecule has 0 unspecified atom stereocenters. The third-order valence-electron chi connectivity index (χ3n) is 4.62. The number of aromatic amines is 1. The molecule has 11 heteroatoms. The largest absolute Gasteiger partial charge is 0.417 e. The van der Waals surface area contributed by atoms with E-state index in [1.54, 1.807) is 12.1 Å². The van der Waals surface area contributed by atoms with Crippen molar-refractivity contribution in [3.05, 3.63) is 24.0 Å². The zero-order valence-corrected chi connectivity index (χ0v) is 14.9. The topological polar surface area (TPSA) is 110 Å². The monoisotopic (exact) mass is 394 g/mol. The van der Waals surface area contributed by atoms with Gasteiger partial charge in [0.2, 0.25) is 5.88 Å². The molecule has 3 aromatic rings. The minimum Gasteiger partial charge on any atom is -0.417 e. The smallest absolute Gasteiger partial charge is 0.388 e. The zero-order chi connectivity index (χ0) is 19.5. The number of aliphatic hydroxyl groups is 1. The first-order valence-electron chi connectivity index (χ1n) is 8.94. The van der Waals surface area contributed by atoms with Crippen LogP contribution in [-0.4, -0.2) is 49.7 Å². The van der Waals surface area contributed by atoms with Gasteiger partial charge >= 0.3 is 6.61 Å². The molecule has 4 heterocycles. The molecule has 0 bridgehead atoms. The Morgan fingerprint density at radius 3 is 2.86 bits per heavy atom. The second-order valence-corrected chi connectivity index (χ2v) is 6.51. The number of halogens is 2. The third-order valence-corrected chi connectivity index (χ3v) is 4.62. The van der Waals surface area contributed by atoms with E-state index in [2.05, 4.69) is 30.2 Å². The average Bonchev–Trinajstić information content (AvgIpc) is 3.26. The van der Waals surface area contributed by atoms with Crippen molar-refractivity contribution in [3.8, 4) is 5.88 Å². The van der Waals surface area contributed by atoms with Crippen molar-refractivity contribution in [1.29, 1.82) is 0 Å². The van der Waals surface area contributed by atoms with Gasteiger partial charge in [-0.1, -0.05) is 0 Å². The number of H-pyrrole nitrogens is 1. The average molecular weight is 394 g/mol. The number of imidazole rings is 1. The highest BCUT2D eigenvalue weighted by Gasteiger charge is 2.19. The molecule has 0 saturated carbocycles. The van der Waals surface area contributed by atoms with E-state index in [1.807, 2.05) is 4.57 Å². The maximum atomic E-state index is 12.3. The van der Waals surface area contributed by atoms with Crippen LogP contribution in [0.5, 0.6) is 5.88 Å². The van der Waals surface area contributed by atoms with Crippen LogP contribution in [0.1, 0.15) is 18.7 Å². The standard InChI is InChI=1S/C17H20F2N6O3/c18-17(19)28-15-7-13(23-24-15)21-12-2-1-11-16(22-12)25(14(9-26)20-11)8-10-3-5-27-6-4-10/h1-2,7,10,17,26H,3-6,8-9H2,(H2,21,22,23,24). The maximum absolute atomic E-state index is 12.3. The molecule has 0 radical (unpaired) electrons. The lowest BCUT2D eigenvalue weighted by molar-refractivity contribution is -0.0528. The summed E-state index contributed by atoms with van der Waals surface area (Å²) < 4.78 is 36.1. The fraction of sp³-hybridized carbons (Fsp3) is 0.471. The molecule has 150 valence electrons. The van der Waals surface area contributed by atoms with Gasteiger partial charge in [0.15, 0.2) is 11.5 Å². The van der Waals surface area contributed by atoms with E-state index in [9.17, 15) is 13.9 Å². The molecular formula is C17H20F2N6O3. The van der Waals surface area contributed by atoms with Crippen molar-refractivity contribution in [2.24, 2.45) is 5.92 Å². The Bertz CT molecular complexity index is 938. The van der Waals surface area contributed by atoms with E-state index < -0.39 is 6.61 Å². The number of fused-ring (bicyclic) bond motifs is 1. The molecule has 1 aliphatic rings. The Morgan fingerprint density at radius 1 is 1.29 bits per heavy atom. The number of hydrogen-bond acceptors (Lipinski definition) is 7.